The summed E-state index contributed by atoms with van der Waals surface area (Å²) in [5.41, 5.74) is 1.13. The lowest BCUT2D eigenvalue weighted by Gasteiger charge is -2.16. The number of nitrogens with zero attached hydrogens (tertiary/aromatic N) is 5. The molecular weight excluding hydrogens is 298 g/mol. The summed E-state index contributed by atoms with van der Waals surface area (Å²) in [6.07, 6.45) is 3.71. The molecule has 3 rings (SSSR count). The zero-order chi connectivity index (χ0) is 16.2. The second kappa shape index (κ2) is 6.55. The summed E-state index contributed by atoms with van der Waals surface area (Å²) in [4.78, 5) is 22.3. The molecule has 0 N–H and O–H groups in total. The minimum absolute atomic E-state index is 0.111. The monoisotopic (exact) mass is 315 g/mol. The minimum atomic E-state index is -0.135. The molecule has 0 spiro atoms. The second-order valence-electron chi connectivity index (χ2n) is 5.24. The topological polar surface area (TPSA) is 90.3 Å². The van der Waals surface area contributed by atoms with Gasteiger partial charge in [-0.25, -0.2) is 4.98 Å². The van der Waals surface area contributed by atoms with Gasteiger partial charge in [-0.3, -0.25) is 9.78 Å². The first-order valence-corrected chi connectivity index (χ1v) is 7.28. The maximum atomic E-state index is 12.4. The third kappa shape index (κ3) is 3.53. The molecule has 120 valence electrons. The van der Waals surface area contributed by atoms with Crippen LogP contribution in [0.2, 0.25) is 0 Å². The van der Waals surface area contributed by atoms with Gasteiger partial charge in [0.25, 0.3) is 5.91 Å². The zero-order valence-corrected chi connectivity index (χ0v) is 13.0. The van der Waals surface area contributed by atoms with Crippen LogP contribution in [0.4, 0.5) is 0 Å². The fourth-order valence-corrected chi connectivity index (χ4v) is 2.32. The summed E-state index contributed by atoms with van der Waals surface area (Å²) in [6.45, 7) is 2.93. The van der Waals surface area contributed by atoms with Crippen molar-refractivity contribution in [3.8, 4) is 11.8 Å². The maximum Gasteiger partial charge on any atom is 0.274 e. The molecule has 1 fully saturated rings. The molecule has 0 bridgehead atoms. The Balaban J connectivity index is 1.59. The van der Waals surface area contributed by atoms with Gasteiger partial charge in [0.2, 0.25) is 11.8 Å². The Bertz CT molecular complexity index is 675. The number of methoxy groups -OCH3 is 1. The lowest BCUT2D eigenvalue weighted by atomic mass is 10.3. The summed E-state index contributed by atoms with van der Waals surface area (Å²) in [5, 5.41) is 7.78. The Hall–Kier alpha value is -2.77. The van der Waals surface area contributed by atoms with Crippen LogP contribution in [0.3, 0.4) is 0 Å². The smallest absolute Gasteiger partial charge is 0.274 e. The van der Waals surface area contributed by atoms with Crippen LogP contribution in [0.5, 0.6) is 11.8 Å². The Labute approximate surface area is 133 Å². The molecule has 1 atom stereocenters. The summed E-state index contributed by atoms with van der Waals surface area (Å²) in [7, 11) is 1.53. The lowest BCUT2D eigenvalue weighted by Crippen LogP contribution is -2.31. The van der Waals surface area contributed by atoms with Gasteiger partial charge in [-0.1, -0.05) is 0 Å². The van der Waals surface area contributed by atoms with Gasteiger partial charge in [0.05, 0.1) is 25.5 Å². The SMILES string of the molecule is COc1ccc(OC2CCN(C(=O)c3cnc(C)cn3)C2)nn1. The number of amides is 1. The predicted octanol–water partition coefficient (Wildman–Crippen LogP) is 0.877. The van der Waals surface area contributed by atoms with Crippen molar-refractivity contribution in [1.82, 2.24) is 25.1 Å². The van der Waals surface area contributed by atoms with Crippen molar-refractivity contribution in [2.45, 2.75) is 19.4 Å². The van der Waals surface area contributed by atoms with E-state index in [0.29, 0.717) is 30.5 Å². The Kier molecular flexibility index (Phi) is 4.31. The lowest BCUT2D eigenvalue weighted by molar-refractivity contribution is 0.0764. The molecule has 0 aliphatic carbocycles. The normalized spacial score (nSPS) is 17.1. The van der Waals surface area contributed by atoms with Crippen molar-refractivity contribution in [3.63, 3.8) is 0 Å². The molecule has 3 heterocycles. The van der Waals surface area contributed by atoms with Crippen LogP contribution >= 0.6 is 0 Å². The number of ether oxygens (including phenoxy) is 2. The van der Waals surface area contributed by atoms with Gasteiger partial charge in [-0.05, 0) is 6.92 Å². The van der Waals surface area contributed by atoms with Crippen LogP contribution < -0.4 is 9.47 Å². The Morgan fingerprint density at radius 1 is 1.22 bits per heavy atom. The predicted molar refractivity (Wildman–Crippen MR) is 80.3 cm³/mol. The quantitative estimate of drug-likeness (QED) is 0.827. The van der Waals surface area contributed by atoms with Gasteiger partial charge in [0.1, 0.15) is 11.8 Å². The molecule has 0 radical (unpaired) electrons. The molecule has 2 aromatic rings. The number of carbonyl (C=O) groups is 1. The van der Waals surface area contributed by atoms with Gasteiger partial charge in [0.15, 0.2) is 0 Å². The molecular formula is C15H17N5O3. The molecule has 2 aromatic heterocycles. The average Bonchev–Trinajstić information content (AvgIpc) is 3.04. The van der Waals surface area contributed by atoms with E-state index in [2.05, 4.69) is 20.2 Å². The number of aryl methyl sites for hydroxylation is 1. The highest BCUT2D eigenvalue weighted by molar-refractivity contribution is 5.92. The summed E-state index contributed by atoms with van der Waals surface area (Å²) >= 11 is 0. The number of rotatable bonds is 4. The Morgan fingerprint density at radius 3 is 2.65 bits per heavy atom. The first-order chi connectivity index (χ1) is 11.2. The van der Waals surface area contributed by atoms with E-state index >= 15 is 0 Å². The van der Waals surface area contributed by atoms with E-state index in [1.54, 1.807) is 23.2 Å². The third-order valence-corrected chi connectivity index (χ3v) is 3.54. The van der Waals surface area contributed by atoms with Crippen LogP contribution in [0.15, 0.2) is 24.5 Å². The first-order valence-electron chi connectivity index (χ1n) is 7.28. The van der Waals surface area contributed by atoms with Crippen molar-refractivity contribution in [2.75, 3.05) is 20.2 Å². The van der Waals surface area contributed by atoms with E-state index in [9.17, 15) is 4.79 Å². The molecule has 1 saturated heterocycles. The van der Waals surface area contributed by atoms with Crippen molar-refractivity contribution in [2.24, 2.45) is 0 Å². The minimum Gasteiger partial charge on any atom is -0.480 e. The van der Waals surface area contributed by atoms with Gasteiger partial charge in [-0.15, -0.1) is 10.2 Å². The standard InChI is InChI=1S/C15H17N5O3/c1-10-7-17-12(8-16-10)15(21)20-6-5-11(9-20)23-14-4-3-13(22-2)18-19-14/h3-4,7-8,11H,5-6,9H2,1-2H3. The molecule has 23 heavy (non-hydrogen) atoms. The van der Waals surface area contributed by atoms with Crippen molar-refractivity contribution < 1.29 is 14.3 Å². The van der Waals surface area contributed by atoms with E-state index in [1.165, 1.54) is 13.3 Å². The maximum absolute atomic E-state index is 12.4. The van der Waals surface area contributed by atoms with Crippen LogP contribution in [-0.2, 0) is 0 Å². The van der Waals surface area contributed by atoms with E-state index in [0.717, 1.165) is 12.1 Å². The summed E-state index contributed by atoms with van der Waals surface area (Å²) in [6, 6.07) is 3.38. The second-order valence-corrected chi connectivity index (χ2v) is 5.24. The van der Waals surface area contributed by atoms with Crippen molar-refractivity contribution in [3.05, 3.63) is 35.9 Å². The molecule has 8 heteroatoms. The number of aromatic nitrogens is 4. The van der Waals surface area contributed by atoms with Gasteiger partial charge >= 0.3 is 0 Å². The summed E-state index contributed by atoms with van der Waals surface area (Å²) in [5.74, 6) is 0.711. The molecule has 1 amide bonds. The van der Waals surface area contributed by atoms with Crippen LogP contribution in [0, 0.1) is 6.92 Å². The van der Waals surface area contributed by atoms with Gasteiger partial charge < -0.3 is 14.4 Å². The highest BCUT2D eigenvalue weighted by Gasteiger charge is 2.29. The fraction of sp³-hybridized carbons (Fsp3) is 0.400. The van der Waals surface area contributed by atoms with Crippen LogP contribution in [0.25, 0.3) is 0 Å². The van der Waals surface area contributed by atoms with Gasteiger partial charge in [-0.2, -0.15) is 0 Å². The van der Waals surface area contributed by atoms with Crippen molar-refractivity contribution >= 4 is 5.91 Å². The number of hydrogen-bond acceptors (Lipinski definition) is 7. The van der Waals surface area contributed by atoms with Crippen LogP contribution in [0.1, 0.15) is 22.6 Å². The molecule has 0 aromatic carbocycles. The molecule has 1 aliphatic rings. The van der Waals surface area contributed by atoms with Crippen molar-refractivity contribution in [1.29, 1.82) is 0 Å². The third-order valence-electron chi connectivity index (χ3n) is 3.54. The fourth-order valence-electron chi connectivity index (χ4n) is 2.32. The molecule has 1 unspecified atom stereocenters. The Morgan fingerprint density at radius 2 is 2.00 bits per heavy atom. The number of likely N-dealkylation sites (tertiary alicyclic amines) is 1. The molecule has 8 nitrogen and oxygen atoms in total. The van der Waals surface area contributed by atoms with E-state index in [-0.39, 0.29) is 12.0 Å². The molecule has 1 aliphatic heterocycles. The van der Waals surface area contributed by atoms with E-state index < -0.39 is 0 Å². The zero-order valence-electron chi connectivity index (χ0n) is 13.0. The van der Waals surface area contributed by atoms with E-state index in [4.69, 9.17) is 9.47 Å². The highest BCUT2D eigenvalue weighted by Crippen LogP contribution is 2.18. The molecule has 0 saturated carbocycles. The number of carbonyl (C=O) groups excluding carboxylic acids is 1. The first kappa shape index (κ1) is 15.1. The average molecular weight is 315 g/mol. The van der Waals surface area contributed by atoms with Crippen LogP contribution in [-0.4, -0.2) is 57.3 Å². The number of hydrogen-bond donors (Lipinski definition) is 0. The highest BCUT2D eigenvalue weighted by atomic mass is 16.5. The van der Waals surface area contributed by atoms with Gasteiger partial charge in [0, 0.05) is 31.3 Å². The van der Waals surface area contributed by atoms with E-state index in [1.807, 2.05) is 6.92 Å². The largest absolute Gasteiger partial charge is 0.480 e. The summed E-state index contributed by atoms with van der Waals surface area (Å²) < 4.78 is 10.7.